The average Bonchev–Trinajstić information content (AvgIpc) is 2.10. The highest BCUT2D eigenvalue weighted by molar-refractivity contribution is 5.94. The summed E-state index contributed by atoms with van der Waals surface area (Å²) in [7, 11) is 0. The number of nitrogen functional groups attached to an aromatic ring is 1. The van der Waals surface area contributed by atoms with E-state index in [9.17, 15) is 0 Å². The van der Waals surface area contributed by atoms with Gasteiger partial charge in [0.2, 0.25) is 0 Å². The fraction of sp³-hybridized carbons (Fsp3) is 0. The van der Waals surface area contributed by atoms with Crippen LogP contribution < -0.4 is 5.73 Å². The van der Waals surface area contributed by atoms with Crippen LogP contribution in [0.5, 0.6) is 0 Å². The van der Waals surface area contributed by atoms with Gasteiger partial charge in [-0.2, -0.15) is 0 Å². The molecule has 0 aromatic heterocycles. The van der Waals surface area contributed by atoms with E-state index < -0.39 is 0 Å². The highest BCUT2D eigenvalue weighted by Gasteiger charge is 1.89. The number of hydrogen-bond donors (Lipinski definition) is 2. The number of hydrogen-bond acceptors (Lipinski definition) is 2. The maximum Gasteiger partial charge on any atom is 0.122 e. The predicted octanol–water partition coefficient (Wildman–Crippen LogP) is 0.786. The first-order valence-corrected chi connectivity index (χ1v) is 2.99. The Morgan fingerprint density at radius 1 is 1.27 bits per heavy atom. The zero-order valence-corrected chi connectivity index (χ0v) is 6.08. The maximum absolute atomic E-state index is 8.00. The van der Waals surface area contributed by atoms with E-state index >= 15 is 0 Å². The molecule has 3 N–H and O–H groups in total. The second-order valence-electron chi connectivity index (χ2n) is 1.78. The normalized spacial score (nSPS) is 7.64. The van der Waals surface area contributed by atoms with Gasteiger partial charge in [-0.1, -0.05) is 30.3 Å². The molecule has 3 nitrogen and oxygen atoms in total. The first-order valence-electron chi connectivity index (χ1n) is 2.99. The third kappa shape index (κ3) is 3.15. The van der Waals surface area contributed by atoms with Crippen molar-refractivity contribution in [2.75, 3.05) is 0 Å². The lowest BCUT2D eigenvalue weighted by atomic mass is 10.2. The summed E-state index contributed by atoms with van der Waals surface area (Å²) in [6, 6.07) is 9.23. The predicted molar refractivity (Wildman–Crippen MR) is 44.6 cm³/mol. The van der Waals surface area contributed by atoms with Crippen LogP contribution in [0.1, 0.15) is 5.56 Å². The molecule has 0 fully saturated rings. The number of nitrogens with two attached hydrogens (primary N) is 1. The van der Waals surface area contributed by atoms with Gasteiger partial charge in [0.1, 0.15) is 12.6 Å². The van der Waals surface area contributed by atoms with E-state index in [1.54, 1.807) is 0 Å². The summed E-state index contributed by atoms with van der Waals surface area (Å²) < 4.78 is 0. The van der Waals surface area contributed by atoms with Crippen LogP contribution in [-0.4, -0.2) is 12.6 Å². The average molecular weight is 150 g/mol. The molecule has 0 saturated carbocycles. The number of amidine groups is 1. The first-order chi connectivity index (χ1) is 5.30. The summed E-state index contributed by atoms with van der Waals surface area (Å²) in [6.07, 6.45) is 0. The molecule has 0 radical (unpaired) electrons. The van der Waals surface area contributed by atoms with E-state index in [1.165, 1.54) is 0 Å². The van der Waals surface area contributed by atoms with Gasteiger partial charge in [0.05, 0.1) is 0 Å². The van der Waals surface area contributed by atoms with Crippen molar-refractivity contribution in [2.24, 2.45) is 5.73 Å². The zero-order chi connectivity index (χ0) is 8.69. The molecule has 0 heterocycles. The molecule has 0 saturated heterocycles. The highest BCUT2D eigenvalue weighted by atomic mass is 16.1. The minimum absolute atomic E-state index is 0.121. The van der Waals surface area contributed by atoms with Crippen LogP contribution in [-0.2, 0) is 4.79 Å². The Kier molecular flexibility index (Phi) is 4.40. The fourth-order valence-electron chi connectivity index (χ4n) is 0.618. The number of carbonyl (C=O) groups excluding carboxylic acids is 1. The first kappa shape index (κ1) is 9.36. The minimum atomic E-state index is 0.121. The Bertz CT molecular complexity index is 221. The van der Waals surface area contributed by atoms with E-state index in [1.807, 2.05) is 37.1 Å². The Hall–Kier alpha value is -1.64. The Morgan fingerprint density at radius 2 is 1.73 bits per heavy atom. The summed E-state index contributed by atoms with van der Waals surface area (Å²) in [4.78, 5) is 8.00. The van der Waals surface area contributed by atoms with E-state index in [0.717, 1.165) is 5.56 Å². The van der Waals surface area contributed by atoms with Crippen LogP contribution in [0.15, 0.2) is 30.3 Å². The van der Waals surface area contributed by atoms with Gasteiger partial charge >= 0.3 is 0 Å². The largest absolute Gasteiger partial charge is 0.384 e. The van der Waals surface area contributed by atoms with Gasteiger partial charge in [-0.3, -0.25) is 5.41 Å². The SMILES string of the molecule is C=O.N=C(N)c1ccccc1. The zero-order valence-electron chi connectivity index (χ0n) is 6.08. The second kappa shape index (κ2) is 5.17. The fourth-order valence-corrected chi connectivity index (χ4v) is 0.618. The van der Waals surface area contributed by atoms with Crippen molar-refractivity contribution in [1.29, 1.82) is 5.41 Å². The van der Waals surface area contributed by atoms with Crippen LogP contribution >= 0.6 is 0 Å². The number of rotatable bonds is 1. The molecule has 0 atom stereocenters. The van der Waals surface area contributed by atoms with Crippen LogP contribution in [0.25, 0.3) is 0 Å². The van der Waals surface area contributed by atoms with E-state index in [-0.39, 0.29) is 5.84 Å². The van der Waals surface area contributed by atoms with Gasteiger partial charge in [-0.15, -0.1) is 0 Å². The molecule has 11 heavy (non-hydrogen) atoms. The topological polar surface area (TPSA) is 66.9 Å². The molecule has 0 bridgehead atoms. The van der Waals surface area contributed by atoms with E-state index in [2.05, 4.69) is 0 Å². The molecule has 0 spiro atoms. The third-order valence-electron chi connectivity index (χ3n) is 1.08. The van der Waals surface area contributed by atoms with Gasteiger partial charge in [0, 0.05) is 5.56 Å². The molecule has 3 heteroatoms. The van der Waals surface area contributed by atoms with Gasteiger partial charge in [0.25, 0.3) is 0 Å². The van der Waals surface area contributed by atoms with Crippen molar-refractivity contribution < 1.29 is 4.79 Å². The standard InChI is InChI=1S/C7H8N2.CH2O/c8-7(9)6-4-2-1-3-5-6;1-2/h1-5H,(H3,8,9);1H2. The number of carbonyl (C=O) groups is 1. The van der Waals surface area contributed by atoms with Crippen LogP contribution in [0.3, 0.4) is 0 Å². The molecule has 58 valence electrons. The summed E-state index contributed by atoms with van der Waals surface area (Å²) in [5.41, 5.74) is 5.97. The van der Waals surface area contributed by atoms with E-state index in [4.69, 9.17) is 15.9 Å². The lowest BCUT2D eigenvalue weighted by Crippen LogP contribution is -2.10. The van der Waals surface area contributed by atoms with Crippen molar-refractivity contribution >= 4 is 12.6 Å². The monoisotopic (exact) mass is 150 g/mol. The van der Waals surface area contributed by atoms with Crippen molar-refractivity contribution in [1.82, 2.24) is 0 Å². The van der Waals surface area contributed by atoms with Gasteiger partial charge in [-0.25, -0.2) is 0 Å². The van der Waals surface area contributed by atoms with E-state index in [0.29, 0.717) is 0 Å². The van der Waals surface area contributed by atoms with Gasteiger partial charge < -0.3 is 10.5 Å². The molecule has 0 aliphatic rings. The summed E-state index contributed by atoms with van der Waals surface area (Å²) in [5.74, 6) is 0.121. The molecule has 1 aromatic rings. The van der Waals surface area contributed by atoms with Gasteiger partial charge in [0.15, 0.2) is 0 Å². The molecule has 0 aliphatic carbocycles. The number of nitrogens with one attached hydrogen (secondary N) is 1. The summed E-state index contributed by atoms with van der Waals surface area (Å²) in [6.45, 7) is 2.00. The quantitative estimate of drug-likeness (QED) is 0.459. The minimum Gasteiger partial charge on any atom is -0.384 e. The van der Waals surface area contributed by atoms with Gasteiger partial charge in [-0.05, 0) is 0 Å². The van der Waals surface area contributed by atoms with Crippen molar-refractivity contribution in [3.05, 3.63) is 35.9 Å². The maximum atomic E-state index is 8.00. The lowest BCUT2D eigenvalue weighted by Gasteiger charge is -1.93. The van der Waals surface area contributed by atoms with Crippen molar-refractivity contribution in [3.8, 4) is 0 Å². The molecular formula is C8H10N2O. The molecule has 1 rings (SSSR count). The Morgan fingerprint density at radius 3 is 2.00 bits per heavy atom. The summed E-state index contributed by atoms with van der Waals surface area (Å²) >= 11 is 0. The molecule has 0 unspecified atom stereocenters. The highest BCUT2D eigenvalue weighted by Crippen LogP contribution is 1.94. The molecule has 1 aromatic carbocycles. The molecule has 0 aliphatic heterocycles. The smallest absolute Gasteiger partial charge is 0.122 e. The lowest BCUT2D eigenvalue weighted by molar-refractivity contribution is -0.0979. The molecular weight excluding hydrogens is 140 g/mol. The Labute approximate surface area is 65.4 Å². The third-order valence-corrected chi connectivity index (χ3v) is 1.08. The van der Waals surface area contributed by atoms with Crippen molar-refractivity contribution in [2.45, 2.75) is 0 Å². The molecule has 0 amide bonds. The second-order valence-corrected chi connectivity index (χ2v) is 1.78. The number of benzene rings is 1. The van der Waals surface area contributed by atoms with Crippen LogP contribution in [0.4, 0.5) is 0 Å². The summed E-state index contributed by atoms with van der Waals surface area (Å²) in [5, 5.41) is 7.01. The Balaban J connectivity index is 0.000000461. The van der Waals surface area contributed by atoms with Crippen LogP contribution in [0, 0.1) is 5.41 Å². The van der Waals surface area contributed by atoms with Crippen molar-refractivity contribution in [3.63, 3.8) is 0 Å². The van der Waals surface area contributed by atoms with Crippen LogP contribution in [0.2, 0.25) is 0 Å².